The number of ether oxygens (including phenoxy) is 3. The monoisotopic (exact) mass is 551 g/mol. The minimum absolute atomic E-state index is 0.137. The van der Waals surface area contributed by atoms with E-state index in [4.69, 9.17) is 26.4 Å². The van der Waals surface area contributed by atoms with Crippen molar-refractivity contribution in [3.05, 3.63) is 87.3 Å². The van der Waals surface area contributed by atoms with Gasteiger partial charge in [-0.25, -0.2) is 0 Å². The number of nitro groups is 1. The lowest BCUT2D eigenvalue weighted by Crippen LogP contribution is -2.27. The number of methoxy groups -OCH3 is 2. The fourth-order valence-corrected chi connectivity index (χ4v) is 4.80. The molecule has 1 heterocycles. The van der Waals surface area contributed by atoms with Gasteiger partial charge >= 0.3 is 0 Å². The Kier molecular flexibility index (Phi) is 8.24. The average molecular weight is 552 g/mol. The van der Waals surface area contributed by atoms with Gasteiger partial charge in [0, 0.05) is 17.8 Å². The highest BCUT2D eigenvalue weighted by molar-refractivity contribution is 8.27. The molecule has 194 valence electrons. The summed E-state index contributed by atoms with van der Waals surface area (Å²) in [6.45, 7) is -0.348. The molecule has 2 amide bonds. The van der Waals surface area contributed by atoms with Crippen LogP contribution in [0.2, 0.25) is 0 Å². The zero-order valence-electron chi connectivity index (χ0n) is 20.2. The first-order valence-electron chi connectivity index (χ1n) is 11.1. The summed E-state index contributed by atoms with van der Waals surface area (Å²) in [5.74, 6) is 0.587. The third kappa shape index (κ3) is 6.10. The van der Waals surface area contributed by atoms with E-state index in [1.165, 1.54) is 48.0 Å². The number of thiocarbonyl (C=S) groups is 1. The smallest absolute Gasteiger partial charge is 0.271 e. The predicted octanol–water partition coefficient (Wildman–Crippen LogP) is 5.04. The number of anilines is 2. The molecule has 4 rings (SSSR count). The summed E-state index contributed by atoms with van der Waals surface area (Å²) in [7, 11) is 3.02. The number of hydrogen-bond donors (Lipinski definition) is 1. The number of hydrogen-bond acceptors (Lipinski definition) is 9. The lowest BCUT2D eigenvalue weighted by molar-refractivity contribution is -0.384. The maximum atomic E-state index is 13.1. The zero-order chi connectivity index (χ0) is 27.2. The van der Waals surface area contributed by atoms with Gasteiger partial charge in [-0.2, -0.15) is 0 Å². The molecule has 0 spiro atoms. The first-order valence-corrected chi connectivity index (χ1v) is 12.3. The molecule has 0 atom stereocenters. The molecule has 0 saturated carbocycles. The van der Waals surface area contributed by atoms with Gasteiger partial charge in [0.2, 0.25) is 0 Å². The van der Waals surface area contributed by atoms with Gasteiger partial charge in [-0.3, -0.25) is 24.6 Å². The van der Waals surface area contributed by atoms with E-state index in [-0.39, 0.29) is 23.9 Å². The molecule has 1 fully saturated rings. The Morgan fingerprint density at radius 2 is 1.84 bits per heavy atom. The minimum atomic E-state index is -0.546. The number of non-ortho nitro benzene ring substituents is 1. The standard InChI is InChI=1S/C26H21N3O7S2/c1-34-20-9-7-18(8-10-20)28-25(31)23(38-26(28)37)13-16-6-11-21(22(12-16)35-2)36-15-24(30)27-17-4-3-5-19(14-17)29(32)33/h3-14H,15H2,1-2H3,(H,27,30)/b23-13+. The van der Waals surface area contributed by atoms with Crippen molar-refractivity contribution in [2.45, 2.75) is 0 Å². The summed E-state index contributed by atoms with van der Waals surface area (Å²) >= 11 is 6.62. The fourth-order valence-electron chi connectivity index (χ4n) is 3.50. The number of carbonyl (C=O) groups is 2. The van der Waals surface area contributed by atoms with E-state index in [9.17, 15) is 19.7 Å². The van der Waals surface area contributed by atoms with Crippen LogP contribution in [0.3, 0.4) is 0 Å². The van der Waals surface area contributed by atoms with Crippen molar-refractivity contribution in [3.63, 3.8) is 0 Å². The molecule has 1 N–H and O–H groups in total. The number of amides is 2. The molecule has 0 bridgehead atoms. The highest BCUT2D eigenvalue weighted by Gasteiger charge is 2.33. The molecular formula is C26H21N3O7S2. The van der Waals surface area contributed by atoms with Gasteiger partial charge in [0.1, 0.15) is 5.75 Å². The third-order valence-electron chi connectivity index (χ3n) is 5.31. The average Bonchev–Trinajstić information content (AvgIpc) is 3.20. The number of benzene rings is 3. The Hall–Kier alpha value is -4.42. The molecular weight excluding hydrogens is 530 g/mol. The van der Waals surface area contributed by atoms with E-state index in [0.717, 1.165) is 0 Å². The Morgan fingerprint density at radius 3 is 2.53 bits per heavy atom. The first kappa shape index (κ1) is 26.6. The summed E-state index contributed by atoms with van der Waals surface area (Å²) in [6, 6.07) is 17.6. The predicted molar refractivity (Wildman–Crippen MR) is 149 cm³/mol. The van der Waals surface area contributed by atoms with Crippen molar-refractivity contribution in [2.75, 3.05) is 31.0 Å². The van der Waals surface area contributed by atoms with Crippen molar-refractivity contribution in [1.29, 1.82) is 0 Å². The number of thioether (sulfide) groups is 1. The summed E-state index contributed by atoms with van der Waals surface area (Å²) in [6.07, 6.45) is 1.70. The molecule has 10 nitrogen and oxygen atoms in total. The molecule has 0 aromatic heterocycles. The summed E-state index contributed by atoms with van der Waals surface area (Å²) in [5.41, 5.74) is 1.45. The van der Waals surface area contributed by atoms with Gasteiger partial charge in [0.15, 0.2) is 22.4 Å². The van der Waals surface area contributed by atoms with Crippen LogP contribution >= 0.6 is 24.0 Å². The van der Waals surface area contributed by atoms with E-state index < -0.39 is 10.8 Å². The minimum Gasteiger partial charge on any atom is -0.497 e. The molecule has 0 unspecified atom stereocenters. The molecule has 3 aromatic carbocycles. The molecule has 1 aliphatic heterocycles. The van der Waals surface area contributed by atoms with E-state index in [1.807, 2.05) is 0 Å². The van der Waals surface area contributed by atoms with Crippen molar-refractivity contribution in [1.82, 2.24) is 0 Å². The Bertz CT molecular complexity index is 1440. The lowest BCUT2D eigenvalue weighted by atomic mass is 10.1. The van der Waals surface area contributed by atoms with Crippen molar-refractivity contribution < 1.29 is 28.7 Å². The van der Waals surface area contributed by atoms with Crippen molar-refractivity contribution >= 4 is 63.3 Å². The zero-order valence-corrected chi connectivity index (χ0v) is 21.8. The number of rotatable bonds is 9. The Balaban J connectivity index is 1.43. The van der Waals surface area contributed by atoms with Crippen LogP contribution in [0.25, 0.3) is 6.08 Å². The van der Waals surface area contributed by atoms with Crippen LogP contribution in [0.5, 0.6) is 17.2 Å². The van der Waals surface area contributed by atoms with Crippen molar-refractivity contribution in [3.8, 4) is 17.2 Å². The van der Waals surface area contributed by atoms with Gasteiger partial charge in [-0.15, -0.1) is 0 Å². The first-order chi connectivity index (χ1) is 18.3. The van der Waals surface area contributed by atoms with Crippen molar-refractivity contribution in [2.24, 2.45) is 0 Å². The van der Waals surface area contributed by atoms with E-state index in [2.05, 4.69) is 5.32 Å². The van der Waals surface area contributed by atoms with Gasteiger partial charge in [0.25, 0.3) is 17.5 Å². The fraction of sp³-hybridized carbons (Fsp3) is 0.115. The van der Waals surface area contributed by atoms with E-state index >= 15 is 0 Å². The molecule has 3 aromatic rings. The number of nitrogens with one attached hydrogen (secondary N) is 1. The molecule has 0 radical (unpaired) electrons. The highest BCUT2D eigenvalue weighted by atomic mass is 32.2. The van der Waals surface area contributed by atoms with Crippen LogP contribution in [-0.4, -0.2) is 41.9 Å². The van der Waals surface area contributed by atoms with E-state index in [0.29, 0.717) is 37.7 Å². The lowest BCUT2D eigenvalue weighted by Gasteiger charge is -2.14. The second kappa shape index (κ2) is 11.8. The quantitative estimate of drug-likeness (QED) is 0.169. The summed E-state index contributed by atoms with van der Waals surface area (Å²) in [5, 5.41) is 13.5. The Labute approximate surface area is 227 Å². The molecule has 38 heavy (non-hydrogen) atoms. The molecule has 1 aliphatic rings. The molecule has 0 aliphatic carbocycles. The highest BCUT2D eigenvalue weighted by Crippen LogP contribution is 2.37. The van der Waals surface area contributed by atoms with Gasteiger partial charge in [-0.05, 0) is 54.1 Å². The number of nitro benzene ring substituents is 1. The van der Waals surface area contributed by atoms with Crippen LogP contribution in [0.4, 0.5) is 17.1 Å². The second-order valence-corrected chi connectivity index (χ2v) is 9.45. The van der Waals surface area contributed by atoms with Crippen LogP contribution in [0.1, 0.15) is 5.56 Å². The summed E-state index contributed by atoms with van der Waals surface area (Å²) < 4.78 is 16.6. The Morgan fingerprint density at radius 1 is 1.08 bits per heavy atom. The molecule has 1 saturated heterocycles. The van der Waals surface area contributed by atoms with Gasteiger partial charge in [0.05, 0.1) is 29.7 Å². The number of carbonyl (C=O) groups excluding carboxylic acids is 2. The van der Waals surface area contributed by atoms with Crippen LogP contribution < -0.4 is 24.4 Å². The van der Waals surface area contributed by atoms with E-state index in [1.54, 1.807) is 55.7 Å². The number of nitrogens with zero attached hydrogens (tertiary/aromatic N) is 2. The maximum Gasteiger partial charge on any atom is 0.271 e. The third-order valence-corrected chi connectivity index (χ3v) is 6.61. The van der Waals surface area contributed by atoms with Gasteiger partial charge < -0.3 is 19.5 Å². The topological polar surface area (TPSA) is 120 Å². The van der Waals surface area contributed by atoms with Crippen LogP contribution in [-0.2, 0) is 9.59 Å². The summed E-state index contributed by atoms with van der Waals surface area (Å²) in [4.78, 5) is 37.6. The maximum absolute atomic E-state index is 13.1. The normalized spacial score (nSPS) is 13.9. The largest absolute Gasteiger partial charge is 0.497 e. The molecule has 12 heteroatoms. The van der Waals surface area contributed by atoms with Crippen LogP contribution in [0.15, 0.2) is 71.6 Å². The van der Waals surface area contributed by atoms with Gasteiger partial charge in [-0.1, -0.05) is 36.1 Å². The van der Waals surface area contributed by atoms with Crippen LogP contribution in [0, 0.1) is 10.1 Å². The SMILES string of the molecule is COc1ccc(N2C(=O)/C(=C\c3ccc(OCC(=O)Nc4cccc([N+](=O)[O-])c4)c(OC)c3)SC2=S)cc1. The second-order valence-electron chi connectivity index (χ2n) is 7.77.